The van der Waals surface area contributed by atoms with Crippen molar-refractivity contribution in [2.75, 3.05) is 26.8 Å². The van der Waals surface area contributed by atoms with Gasteiger partial charge in [0.2, 0.25) is 0 Å². The minimum absolute atomic E-state index is 0.176. The summed E-state index contributed by atoms with van der Waals surface area (Å²) in [4.78, 5) is 4.39. The molecule has 3 rings (SSSR count). The molecule has 2 aliphatic carbocycles. The van der Waals surface area contributed by atoms with Crippen LogP contribution in [0.25, 0.3) is 0 Å². The van der Waals surface area contributed by atoms with E-state index in [1.165, 1.54) is 38.5 Å². The summed E-state index contributed by atoms with van der Waals surface area (Å²) < 4.78 is 11.9. The van der Waals surface area contributed by atoms with Gasteiger partial charge in [-0.25, -0.2) is 0 Å². The second-order valence-electron chi connectivity index (χ2n) is 8.17. The zero-order chi connectivity index (χ0) is 17.0. The van der Waals surface area contributed by atoms with Crippen molar-refractivity contribution in [1.29, 1.82) is 0 Å². The van der Waals surface area contributed by atoms with E-state index in [0.29, 0.717) is 24.2 Å². The number of rotatable bonds is 5. The number of nitrogens with zero attached hydrogens (tertiary/aromatic N) is 1. The summed E-state index contributed by atoms with van der Waals surface area (Å²) in [6.07, 6.45) is 9.88. The fourth-order valence-corrected chi connectivity index (χ4v) is 4.76. The number of aliphatic imine (C=N–C) groups is 1. The number of hydrogen-bond acceptors (Lipinski definition) is 3. The van der Waals surface area contributed by atoms with Crippen LogP contribution in [0.3, 0.4) is 0 Å². The molecule has 138 valence electrons. The lowest BCUT2D eigenvalue weighted by molar-refractivity contribution is -0.106. The summed E-state index contributed by atoms with van der Waals surface area (Å²) in [5, 5.41) is 7.03. The first-order valence-electron chi connectivity index (χ1n) is 9.83. The minimum Gasteiger partial charge on any atom is -0.377 e. The molecule has 0 aromatic heterocycles. The molecule has 2 saturated carbocycles. The third kappa shape index (κ3) is 3.88. The van der Waals surface area contributed by atoms with Crippen molar-refractivity contribution in [2.45, 2.75) is 77.0 Å². The van der Waals surface area contributed by atoms with Crippen molar-refractivity contribution in [1.82, 2.24) is 10.6 Å². The van der Waals surface area contributed by atoms with Crippen molar-refractivity contribution >= 4 is 5.96 Å². The number of hydrogen-bond donors (Lipinski definition) is 2. The number of guanidine groups is 1. The normalized spacial score (nSPS) is 33.5. The Kier molecular flexibility index (Phi) is 6.03. The molecule has 1 aliphatic heterocycles. The summed E-state index contributed by atoms with van der Waals surface area (Å²) in [5.74, 6) is 1.52. The summed E-state index contributed by atoms with van der Waals surface area (Å²) in [5.41, 5.74) is 0.176. The molecule has 0 aromatic rings. The minimum atomic E-state index is 0.176. The molecule has 1 heterocycles. The van der Waals surface area contributed by atoms with Crippen LogP contribution in [-0.2, 0) is 9.47 Å². The van der Waals surface area contributed by atoms with Gasteiger partial charge in [0.15, 0.2) is 5.96 Å². The lowest BCUT2D eigenvalue weighted by Crippen LogP contribution is -2.68. The lowest BCUT2D eigenvalue weighted by atomic mass is 9.57. The third-order valence-electron chi connectivity index (χ3n) is 6.17. The molecule has 3 atom stereocenters. The van der Waals surface area contributed by atoms with Crippen molar-refractivity contribution in [3.8, 4) is 0 Å². The van der Waals surface area contributed by atoms with Crippen LogP contribution < -0.4 is 10.6 Å². The predicted octanol–water partition coefficient (Wildman–Crippen LogP) is 2.70. The van der Waals surface area contributed by atoms with Gasteiger partial charge in [-0.15, -0.1) is 0 Å². The standard InChI is InChI=1S/C19H35N3O2/c1-19(2)16(15-10-12-24-17(15)19)22-18(20-3)21-11-13-23-14-8-6-4-5-7-9-14/h14-17H,4-13H2,1-3H3,(H2,20,21,22). The van der Waals surface area contributed by atoms with E-state index in [4.69, 9.17) is 9.47 Å². The van der Waals surface area contributed by atoms with Crippen LogP contribution >= 0.6 is 0 Å². The molecule has 0 aromatic carbocycles. The fourth-order valence-electron chi connectivity index (χ4n) is 4.76. The smallest absolute Gasteiger partial charge is 0.191 e. The molecule has 5 nitrogen and oxygen atoms in total. The SMILES string of the molecule is CN=C(NCCOC1CCCCCC1)NC1C2CCOC2C1(C)C. The van der Waals surface area contributed by atoms with Crippen LogP contribution in [-0.4, -0.2) is 51.0 Å². The number of nitrogens with one attached hydrogen (secondary N) is 2. The molecule has 0 radical (unpaired) electrons. The molecular weight excluding hydrogens is 302 g/mol. The second-order valence-corrected chi connectivity index (χ2v) is 8.17. The molecule has 3 aliphatic rings. The van der Waals surface area contributed by atoms with Gasteiger partial charge in [-0.1, -0.05) is 39.5 Å². The molecule has 5 heteroatoms. The van der Waals surface area contributed by atoms with E-state index in [9.17, 15) is 0 Å². The van der Waals surface area contributed by atoms with Gasteiger partial charge in [0.05, 0.1) is 18.8 Å². The van der Waals surface area contributed by atoms with E-state index >= 15 is 0 Å². The van der Waals surface area contributed by atoms with E-state index < -0.39 is 0 Å². The highest BCUT2D eigenvalue weighted by Gasteiger charge is 2.59. The summed E-state index contributed by atoms with van der Waals surface area (Å²) in [6.45, 7) is 7.06. The molecule has 24 heavy (non-hydrogen) atoms. The maximum atomic E-state index is 6.05. The molecule has 1 saturated heterocycles. The quantitative estimate of drug-likeness (QED) is 0.350. The van der Waals surface area contributed by atoms with Crippen LogP contribution in [0.2, 0.25) is 0 Å². The zero-order valence-corrected chi connectivity index (χ0v) is 15.6. The monoisotopic (exact) mass is 337 g/mol. The molecule has 0 spiro atoms. The van der Waals surface area contributed by atoms with E-state index in [2.05, 4.69) is 29.5 Å². The van der Waals surface area contributed by atoms with Crippen molar-refractivity contribution in [3.63, 3.8) is 0 Å². The van der Waals surface area contributed by atoms with Gasteiger partial charge in [-0.2, -0.15) is 0 Å². The number of ether oxygens (including phenoxy) is 2. The van der Waals surface area contributed by atoms with Crippen LogP contribution in [0.1, 0.15) is 58.8 Å². The molecule has 2 N–H and O–H groups in total. The Hall–Kier alpha value is -0.810. The Morgan fingerprint density at radius 3 is 2.62 bits per heavy atom. The first kappa shape index (κ1) is 18.0. The highest BCUT2D eigenvalue weighted by molar-refractivity contribution is 5.80. The Morgan fingerprint density at radius 2 is 1.92 bits per heavy atom. The van der Waals surface area contributed by atoms with Crippen molar-refractivity contribution in [3.05, 3.63) is 0 Å². The van der Waals surface area contributed by atoms with Gasteiger partial charge in [-0.3, -0.25) is 4.99 Å². The van der Waals surface area contributed by atoms with Crippen molar-refractivity contribution in [2.24, 2.45) is 16.3 Å². The number of fused-ring (bicyclic) bond motifs is 1. The van der Waals surface area contributed by atoms with E-state index in [1.807, 2.05) is 7.05 Å². The molecule has 0 amide bonds. The van der Waals surface area contributed by atoms with Gasteiger partial charge < -0.3 is 20.1 Å². The van der Waals surface area contributed by atoms with E-state index in [0.717, 1.165) is 32.1 Å². The van der Waals surface area contributed by atoms with Gasteiger partial charge in [0.1, 0.15) is 0 Å². The van der Waals surface area contributed by atoms with E-state index in [1.54, 1.807) is 0 Å². The molecular formula is C19H35N3O2. The Bertz CT molecular complexity index is 430. The Labute approximate surface area is 147 Å². The van der Waals surface area contributed by atoms with Crippen molar-refractivity contribution < 1.29 is 9.47 Å². The van der Waals surface area contributed by atoms with E-state index in [-0.39, 0.29) is 5.41 Å². The highest BCUT2D eigenvalue weighted by atomic mass is 16.5. The first-order valence-corrected chi connectivity index (χ1v) is 9.83. The van der Waals surface area contributed by atoms with Crippen LogP contribution in [0, 0.1) is 11.3 Å². The largest absolute Gasteiger partial charge is 0.377 e. The predicted molar refractivity (Wildman–Crippen MR) is 97.4 cm³/mol. The first-order chi connectivity index (χ1) is 11.6. The van der Waals surface area contributed by atoms with Gasteiger partial charge in [0.25, 0.3) is 0 Å². The average Bonchev–Trinajstić information content (AvgIpc) is 2.87. The molecule has 3 unspecified atom stereocenters. The fraction of sp³-hybridized carbons (Fsp3) is 0.947. The van der Waals surface area contributed by atoms with Gasteiger partial charge in [0, 0.05) is 37.6 Å². The second kappa shape index (κ2) is 8.05. The maximum Gasteiger partial charge on any atom is 0.191 e. The lowest BCUT2D eigenvalue weighted by Gasteiger charge is -2.54. The van der Waals surface area contributed by atoms with Crippen LogP contribution in [0.15, 0.2) is 4.99 Å². The van der Waals surface area contributed by atoms with Gasteiger partial charge in [-0.05, 0) is 19.3 Å². The highest BCUT2D eigenvalue weighted by Crippen LogP contribution is 2.52. The topological polar surface area (TPSA) is 54.9 Å². The Morgan fingerprint density at radius 1 is 1.17 bits per heavy atom. The third-order valence-corrected chi connectivity index (χ3v) is 6.17. The molecule has 3 fully saturated rings. The van der Waals surface area contributed by atoms with Gasteiger partial charge >= 0.3 is 0 Å². The van der Waals surface area contributed by atoms with Crippen LogP contribution in [0.5, 0.6) is 0 Å². The summed E-state index contributed by atoms with van der Waals surface area (Å²) in [7, 11) is 1.84. The Balaban J connectivity index is 1.38. The summed E-state index contributed by atoms with van der Waals surface area (Å²) >= 11 is 0. The maximum absolute atomic E-state index is 6.05. The summed E-state index contributed by atoms with van der Waals surface area (Å²) in [6, 6.07) is 0.443. The average molecular weight is 338 g/mol. The van der Waals surface area contributed by atoms with Crippen LogP contribution in [0.4, 0.5) is 0 Å². The zero-order valence-electron chi connectivity index (χ0n) is 15.6. The molecule has 0 bridgehead atoms.